The van der Waals surface area contributed by atoms with E-state index in [4.69, 9.17) is 31.5 Å². The van der Waals surface area contributed by atoms with Gasteiger partial charge < -0.3 is 57.9 Å². The second-order valence-electron chi connectivity index (χ2n) is 15.0. The van der Waals surface area contributed by atoms with E-state index in [9.17, 15) is 38.7 Å². The summed E-state index contributed by atoms with van der Waals surface area (Å²) in [6, 6.07) is 0.963. The molecule has 3 aliphatic rings. The van der Waals surface area contributed by atoms with Gasteiger partial charge in [-0.2, -0.15) is 0 Å². The van der Waals surface area contributed by atoms with Gasteiger partial charge in [-0.15, -0.1) is 0 Å². The number of phenols is 1. The maximum absolute atomic E-state index is 13.1. The van der Waals surface area contributed by atoms with Crippen LogP contribution in [-0.2, 0) is 44.7 Å². The molecule has 19 nitrogen and oxygen atoms in total. The van der Waals surface area contributed by atoms with Crippen molar-refractivity contribution in [1.29, 1.82) is 0 Å². The van der Waals surface area contributed by atoms with Gasteiger partial charge in [-0.3, -0.25) is 33.8 Å². The lowest BCUT2D eigenvalue weighted by atomic mass is 9.55. The van der Waals surface area contributed by atoms with Gasteiger partial charge in [-0.25, -0.2) is 4.79 Å². The number of aromatic hydroxyl groups is 1. The molecule has 19 heteroatoms. The molecule has 3 aliphatic carbocycles. The number of ether oxygens (including phenoxy) is 1. The van der Waals surface area contributed by atoms with E-state index < -0.39 is 79.2 Å². The molecule has 4 amide bonds. The first-order valence-electron chi connectivity index (χ1n) is 18.8. The van der Waals surface area contributed by atoms with E-state index >= 15 is 0 Å². The first-order chi connectivity index (χ1) is 26.5. The molecule has 1 aromatic carbocycles. The molecule has 0 radical (unpaired) electrons. The number of carboxylic acids is 2. The zero-order valence-corrected chi connectivity index (χ0v) is 31.3. The second kappa shape index (κ2) is 19.4. The van der Waals surface area contributed by atoms with E-state index in [0.717, 1.165) is 38.5 Å². The standard InChI is InChI=1S/C37H53N7O12/c1-37-13-12-22-21-7-5-20(46)15-19(21)4-6-23(22)24(37)8-9-28(37)56-32(51)11-10-29(47)42-25(3-2-14-40-36(38)39)33(52)41-17-30(48)43-26(16-31(49)50)34(53)44-27(18-45)35(54)55/h5,7,15,22-28,45-46H,2-4,6,8-14,16-18H2,1H3,(H,41,52)(H,42,47)(H,43,48)(H,44,53)(H,49,50)(H,54,55)(H4,38,39,40)/t22-,23-,24+,25+,26+,27+,28+,37+/m1/s1. The highest BCUT2D eigenvalue weighted by Crippen LogP contribution is 2.61. The van der Waals surface area contributed by atoms with Crippen LogP contribution < -0.4 is 32.7 Å². The van der Waals surface area contributed by atoms with E-state index in [1.54, 1.807) is 6.07 Å². The van der Waals surface area contributed by atoms with Crippen LogP contribution in [0, 0.1) is 17.3 Å². The number of guanidine groups is 1. The van der Waals surface area contributed by atoms with Crippen molar-refractivity contribution in [2.24, 2.45) is 33.7 Å². The van der Waals surface area contributed by atoms with Crippen LogP contribution in [0.4, 0.5) is 0 Å². The number of carbonyl (C=O) groups is 7. The molecule has 308 valence electrons. The molecule has 1 aromatic rings. The quantitative estimate of drug-likeness (QED) is 0.0352. The third-order valence-electron chi connectivity index (χ3n) is 11.3. The Morgan fingerprint density at radius 3 is 2.34 bits per heavy atom. The minimum atomic E-state index is -1.75. The third kappa shape index (κ3) is 11.3. The summed E-state index contributed by atoms with van der Waals surface area (Å²) in [4.78, 5) is 90.6. The Bertz CT molecular complexity index is 1680. The summed E-state index contributed by atoms with van der Waals surface area (Å²) in [6.45, 7) is 0.561. The Morgan fingerprint density at radius 2 is 1.66 bits per heavy atom. The minimum Gasteiger partial charge on any atom is -0.508 e. The van der Waals surface area contributed by atoms with Crippen molar-refractivity contribution in [1.82, 2.24) is 21.3 Å². The molecule has 2 saturated carbocycles. The smallest absolute Gasteiger partial charge is 0.328 e. The van der Waals surface area contributed by atoms with Crippen LogP contribution in [0.2, 0.25) is 0 Å². The fourth-order valence-corrected chi connectivity index (χ4v) is 8.56. The molecule has 0 spiro atoms. The van der Waals surface area contributed by atoms with Gasteiger partial charge in [0.25, 0.3) is 0 Å². The van der Waals surface area contributed by atoms with Gasteiger partial charge >= 0.3 is 17.9 Å². The zero-order valence-electron chi connectivity index (χ0n) is 31.3. The van der Waals surface area contributed by atoms with Crippen molar-refractivity contribution in [3.8, 4) is 5.75 Å². The number of hydrogen-bond acceptors (Lipinski definition) is 11. The number of nitrogens with one attached hydrogen (secondary N) is 4. The summed E-state index contributed by atoms with van der Waals surface area (Å²) in [5.74, 6) is -5.93. The summed E-state index contributed by atoms with van der Waals surface area (Å²) < 4.78 is 6.01. The Balaban J connectivity index is 1.29. The van der Waals surface area contributed by atoms with Gasteiger partial charge in [0.05, 0.1) is 26.0 Å². The summed E-state index contributed by atoms with van der Waals surface area (Å²) in [7, 11) is 0. The van der Waals surface area contributed by atoms with Crippen LogP contribution in [0.15, 0.2) is 23.2 Å². The lowest BCUT2D eigenvalue weighted by Crippen LogP contribution is -2.55. The Morgan fingerprint density at radius 1 is 0.929 bits per heavy atom. The largest absolute Gasteiger partial charge is 0.508 e. The highest BCUT2D eigenvalue weighted by molar-refractivity contribution is 5.95. The predicted octanol–water partition coefficient (Wildman–Crippen LogP) is -0.884. The van der Waals surface area contributed by atoms with E-state index in [2.05, 4.69) is 27.9 Å². The van der Waals surface area contributed by atoms with Gasteiger partial charge in [0.15, 0.2) is 5.96 Å². The average Bonchev–Trinajstić information content (AvgIpc) is 3.47. The fourth-order valence-electron chi connectivity index (χ4n) is 8.56. The van der Waals surface area contributed by atoms with Crippen molar-refractivity contribution < 1.29 is 58.7 Å². The number of carboxylic acid groups (broad SMARTS) is 2. The molecular formula is C37H53N7O12. The number of carbonyl (C=O) groups excluding carboxylic acids is 5. The zero-order chi connectivity index (χ0) is 41.2. The van der Waals surface area contributed by atoms with Gasteiger partial charge in [0.1, 0.15) is 30.0 Å². The van der Waals surface area contributed by atoms with Gasteiger partial charge in [0, 0.05) is 18.4 Å². The van der Waals surface area contributed by atoms with Crippen molar-refractivity contribution in [2.75, 3.05) is 19.7 Å². The molecule has 0 aliphatic heterocycles. The number of aryl methyl sites for hydroxylation is 1. The number of esters is 1. The van der Waals surface area contributed by atoms with Gasteiger partial charge in [0.2, 0.25) is 23.6 Å². The summed E-state index contributed by atoms with van der Waals surface area (Å²) in [6.07, 6.45) is 3.92. The number of nitrogens with zero attached hydrogens (tertiary/aromatic N) is 1. The third-order valence-corrected chi connectivity index (χ3v) is 11.3. The lowest BCUT2D eigenvalue weighted by Gasteiger charge is -2.50. The number of fused-ring (bicyclic) bond motifs is 5. The van der Waals surface area contributed by atoms with Crippen molar-refractivity contribution in [2.45, 2.75) is 108 Å². The number of rotatable bonds is 19. The molecule has 8 atom stereocenters. The predicted molar refractivity (Wildman–Crippen MR) is 198 cm³/mol. The summed E-state index contributed by atoms with van der Waals surface area (Å²) in [5.41, 5.74) is 13.0. The molecule has 0 unspecified atom stereocenters. The van der Waals surface area contributed by atoms with Crippen LogP contribution in [0.3, 0.4) is 0 Å². The van der Waals surface area contributed by atoms with Crippen LogP contribution in [0.1, 0.15) is 88.2 Å². The summed E-state index contributed by atoms with van der Waals surface area (Å²) >= 11 is 0. The second-order valence-corrected chi connectivity index (χ2v) is 15.0. The highest BCUT2D eigenvalue weighted by Gasteiger charge is 2.56. The number of phenolic OH excluding ortho intramolecular Hbond substituents is 1. The molecular weight excluding hydrogens is 734 g/mol. The fraction of sp³-hybridized carbons (Fsp3) is 0.622. The van der Waals surface area contributed by atoms with E-state index in [1.165, 1.54) is 11.1 Å². The first kappa shape index (κ1) is 43.3. The monoisotopic (exact) mass is 787 g/mol. The Hall–Kier alpha value is -5.46. The van der Waals surface area contributed by atoms with Crippen LogP contribution >= 0.6 is 0 Å². The SMILES string of the molecule is C[C@]12CC[C@@H]3c4ccc(O)cc4CC[C@H]3[C@@H]1CC[C@@H]2OC(=O)CCC(=O)N[C@@H](CCCN=C(N)N)C(=O)NCC(=O)N[C@@H](CC(=O)O)C(=O)N[C@@H](CO)C(=O)O. The van der Waals surface area contributed by atoms with Crippen LogP contribution in [0.5, 0.6) is 5.75 Å². The Kier molecular flexibility index (Phi) is 15.0. The molecule has 56 heavy (non-hydrogen) atoms. The summed E-state index contributed by atoms with van der Waals surface area (Å²) in [5, 5.41) is 46.2. The van der Waals surface area contributed by atoms with Crippen LogP contribution in [0.25, 0.3) is 0 Å². The number of aliphatic carboxylic acids is 2. The lowest BCUT2D eigenvalue weighted by molar-refractivity contribution is -0.158. The normalized spacial score (nSPS) is 23.7. The van der Waals surface area contributed by atoms with E-state index in [0.29, 0.717) is 17.8 Å². The number of aliphatic hydroxyl groups is 1. The number of aliphatic imine (C=N–C) groups is 1. The topological polar surface area (TPSA) is 322 Å². The number of hydrogen-bond donors (Lipinski definition) is 10. The molecule has 2 fully saturated rings. The van der Waals surface area contributed by atoms with E-state index in [-0.39, 0.29) is 55.5 Å². The van der Waals surface area contributed by atoms with Gasteiger partial charge in [-0.1, -0.05) is 13.0 Å². The molecule has 12 N–H and O–H groups in total. The molecule has 0 saturated heterocycles. The van der Waals surface area contributed by atoms with Crippen LogP contribution in [-0.4, -0.2) is 112 Å². The number of nitrogens with two attached hydrogens (primary N) is 2. The van der Waals surface area contributed by atoms with Crippen molar-refractivity contribution in [3.05, 3.63) is 29.3 Å². The highest BCUT2D eigenvalue weighted by atomic mass is 16.5. The maximum atomic E-state index is 13.1. The van der Waals surface area contributed by atoms with Crippen molar-refractivity contribution >= 4 is 47.5 Å². The molecule has 0 heterocycles. The Labute approximate surface area is 323 Å². The average molecular weight is 788 g/mol. The minimum absolute atomic E-state index is 0.0256. The molecule has 0 aromatic heterocycles. The molecule has 4 rings (SSSR count). The maximum Gasteiger partial charge on any atom is 0.328 e. The number of aliphatic hydroxyl groups excluding tert-OH is 1. The number of amides is 4. The molecule has 0 bridgehead atoms. The van der Waals surface area contributed by atoms with E-state index in [1.807, 2.05) is 17.4 Å². The van der Waals surface area contributed by atoms with Gasteiger partial charge in [-0.05, 0) is 92.4 Å². The van der Waals surface area contributed by atoms with Crippen molar-refractivity contribution in [3.63, 3.8) is 0 Å². The number of benzene rings is 1. The first-order valence-corrected chi connectivity index (χ1v) is 18.8.